The summed E-state index contributed by atoms with van der Waals surface area (Å²) < 4.78 is 54.7. The number of halogens is 3. The highest BCUT2D eigenvalue weighted by Gasteiger charge is 2.43. The van der Waals surface area contributed by atoms with Crippen molar-refractivity contribution in [3.8, 4) is 22.6 Å². The summed E-state index contributed by atoms with van der Waals surface area (Å²) in [5, 5.41) is 13.5. The van der Waals surface area contributed by atoms with Crippen LogP contribution in [0.2, 0.25) is 0 Å². The van der Waals surface area contributed by atoms with Crippen molar-refractivity contribution in [1.29, 1.82) is 0 Å². The average Bonchev–Trinajstić information content (AvgIpc) is 2.89. The molecule has 2 heterocycles. The molecule has 0 spiro atoms. The van der Waals surface area contributed by atoms with Crippen LogP contribution in [0.4, 0.5) is 13.2 Å². The van der Waals surface area contributed by atoms with Crippen LogP contribution in [0.15, 0.2) is 66.7 Å². The van der Waals surface area contributed by atoms with Gasteiger partial charge < -0.3 is 24.8 Å². The third kappa shape index (κ3) is 5.42. The van der Waals surface area contributed by atoms with E-state index in [1.807, 2.05) is 4.90 Å². The van der Waals surface area contributed by atoms with Crippen LogP contribution in [0.3, 0.4) is 0 Å². The Morgan fingerprint density at radius 1 is 0.946 bits per heavy atom. The van der Waals surface area contributed by atoms with E-state index in [4.69, 9.17) is 9.47 Å². The van der Waals surface area contributed by atoms with Gasteiger partial charge in [-0.15, -0.1) is 0 Å². The Labute approximate surface area is 212 Å². The van der Waals surface area contributed by atoms with Crippen molar-refractivity contribution in [3.63, 3.8) is 0 Å². The number of hydrogen-bond acceptors (Lipinski definition) is 5. The Bertz CT molecular complexity index is 1250. The van der Waals surface area contributed by atoms with Crippen LogP contribution in [-0.4, -0.2) is 54.8 Å². The van der Waals surface area contributed by atoms with Crippen molar-refractivity contribution < 1.29 is 32.5 Å². The van der Waals surface area contributed by atoms with E-state index in [0.717, 1.165) is 19.5 Å². The first-order chi connectivity index (χ1) is 17.8. The Balaban J connectivity index is 1.33. The van der Waals surface area contributed by atoms with Gasteiger partial charge in [0.1, 0.15) is 25.1 Å². The summed E-state index contributed by atoms with van der Waals surface area (Å²) in [6.45, 7) is 2.54. The number of benzene rings is 3. The summed E-state index contributed by atoms with van der Waals surface area (Å²) >= 11 is 0. The van der Waals surface area contributed by atoms with Crippen LogP contribution in [0, 0.1) is 5.82 Å². The maximum absolute atomic E-state index is 15.2. The molecule has 1 fully saturated rings. The molecule has 3 aromatic rings. The Morgan fingerprint density at radius 2 is 1.57 bits per heavy atom. The van der Waals surface area contributed by atoms with Crippen molar-refractivity contribution in [1.82, 2.24) is 10.2 Å². The fourth-order valence-electron chi connectivity index (χ4n) is 4.45. The fraction of sp³-hybridized carbons (Fsp3) is 0.321. The lowest BCUT2D eigenvalue weighted by Crippen LogP contribution is -2.53. The van der Waals surface area contributed by atoms with Gasteiger partial charge in [-0.05, 0) is 60.5 Å². The van der Waals surface area contributed by atoms with E-state index in [1.165, 1.54) is 36.4 Å². The van der Waals surface area contributed by atoms with Gasteiger partial charge in [0, 0.05) is 12.1 Å². The summed E-state index contributed by atoms with van der Waals surface area (Å²) in [4.78, 5) is 14.8. The zero-order chi connectivity index (χ0) is 26.0. The number of aliphatic hydroxyl groups is 1. The molecule has 0 saturated carbocycles. The minimum atomic E-state index is -3.83. The summed E-state index contributed by atoms with van der Waals surface area (Å²) in [5.41, 5.74) is 1.23. The summed E-state index contributed by atoms with van der Waals surface area (Å²) in [6.07, 6.45) is -0.269. The highest BCUT2D eigenvalue weighted by molar-refractivity contribution is 5.85. The predicted octanol–water partition coefficient (Wildman–Crippen LogP) is 4.28. The number of nitrogens with one attached hydrogen (secondary N) is 1. The second kappa shape index (κ2) is 10.4. The molecule has 1 amide bonds. The minimum absolute atomic E-state index is 0.223. The lowest BCUT2D eigenvalue weighted by atomic mass is 9.98. The number of ether oxygens (including phenoxy) is 2. The van der Waals surface area contributed by atoms with Gasteiger partial charge in [0.05, 0.1) is 6.04 Å². The van der Waals surface area contributed by atoms with Gasteiger partial charge in [-0.1, -0.05) is 42.5 Å². The highest BCUT2D eigenvalue weighted by Crippen LogP contribution is 2.35. The molecule has 1 saturated heterocycles. The van der Waals surface area contributed by atoms with E-state index in [1.54, 1.807) is 30.3 Å². The predicted molar refractivity (Wildman–Crippen MR) is 131 cm³/mol. The SMILES string of the molecule is O=C(NC(CN1CCC1)C(O)c1ccc2c(c1)OCCO2)C(F)(F)c1ccc(-c2ccc(F)cc2)cc1. The van der Waals surface area contributed by atoms with Crippen LogP contribution in [0.25, 0.3) is 11.1 Å². The third-order valence-corrected chi connectivity index (χ3v) is 6.72. The van der Waals surface area contributed by atoms with Gasteiger partial charge in [-0.3, -0.25) is 4.79 Å². The number of alkyl halides is 2. The molecule has 2 aliphatic rings. The van der Waals surface area contributed by atoms with Gasteiger partial charge >= 0.3 is 5.92 Å². The fourth-order valence-corrected chi connectivity index (χ4v) is 4.45. The van der Waals surface area contributed by atoms with Crippen molar-refractivity contribution in [2.24, 2.45) is 0 Å². The smallest absolute Gasteiger partial charge is 0.349 e. The maximum Gasteiger partial charge on any atom is 0.349 e. The molecule has 0 aliphatic carbocycles. The number of carbonyl (C=O) groups is 1. The van der Waals surface area contributed by atoms with E-state index < -0.39 is 35.4 Å². The molecule has 3 aromatic carbocycles. The first kappa shape index (κ1) is 25.1. The van der Waals surface area contributed by atoms with Crippen molar-refractivity contribution >= 4 is 5.91 Å². The van der Waals surface area contributed by atoms with Crippen molar-refractivity contribution in [3.05, 3.63) is 83.7 Å². The number of hydrogen-bond donors (Lipinski definition) is 2. The molecule has 0 aromatic heterocycles. The Hall–Kier alpha value is -3.56. The molecule has 9 heteroatoms. The average molecular weight is 513 g/mol. The van der Waals surface area contributed by atoms with Crippen molar-refractivity contribution in [2.45, 2.75) is 24.5 Å². The first-order valence-electron chi connectivity index (χ1n) is 12.2. The second-order valence-corrected chi connectivity index (χ2v) is 9.24. The van der Waals surface area contributed by atoms with Gasteiger partial charge in [0.25, 0.3) is 5.91 Å². The van der Waals surface area contributed by atoms with Gasteiger partial charge in [-0.2, -0.15) is 8.78 Å². The van der Waals surface area contributed by atoms with Gasteiger partial charge in [0.2, 0.25) is 0 Å². The quantitative estimate of drug-likeness (QED) is 0.472. The van der Waals surface area contributed by atoms with E-state index in [0.29, 0.717) is 41.4 Å². The normalized spacial score (nSPS) is 17.0. The van der Waals surface area contributed by atoms with Crippen LogP contribution < -0.4 is 14.8 Å². The number of fused-ring (bicyclic) bond motifs is 1. The number of carbonyl (C=O) groups excluding carboxylic acids is 1. The van der Waals surface area contributed by atoms with E-state index in [9.17, 15) is 14.3 Å². The standard InChI is InChI=1S/C28H27F3N2O4/c29-22-9-4-19(5-10-22)18-2-7-21(8-3-18)28(30,31)27(35)32-23(17-33-12-1-13-33)26(34)20-6-11-24-25(16-20)37-15-14-36-24/h2-11,16,23,26,34H,1,12-15,17H2,(H,32,35). The topological polar surface area (TPSA) is 71.0 Å². The molecule has 5 rings (SSSR count). The number of rotatable bonds is 8. The number of aliphatic hydroxyl groups excluding tert-OH is 1. The Kier molecular flexibility index (Phi) is 7.08. The van der Waals surface area contributed by atoms with Crippen LogP contribution in [0.1, 0.15) is 23.7 Å². The minimum Gasteiger partial charge on any atom is -0.486 e. The van der Waals surface area contributed by atoms with Gasteiger partial charge in [0.15, 0.2) is 11.5 Å². The summed E-state index contributed by atoms with van der Waals surface area (Å²) in [7, 11) is 0. The zero-order valence-electron chi connectivity index (χ0n) is 20.0. The highest BCUT2D eigenvalue weighted by atomic mass is 19.3. The maximum atomic E-state index is 15.2. The van der Waals surface area contributed by atoms with Gasteiger partial charge in [-0.25, -0.2) is 4.39 Å². The summed E-state index contributed by atoms with van der Waals surface area (Å²) in [5.74, 6) is -4.72. The lowest BCUT2D eigenvalue weighted by molar-refractivity contribution is -0.149. The van der Waals surface area contributed by atoms with E-state index in [2.05, 4.69) is 5.32 Å². The molecular weight excluding hydrogens is 485 g/mol. The number of nitrogens with zero attached hydrogens (tertiary/aromatic N) is 1. The number of amides is 1. The second-order valence-electron chi connectivity index (χ2n) is 9.24. The van der Waals surface area contributed by atoms with Crippen LogP contribution in [-0.2, 0) is 10.7 Å². The van der Waals surface area contributed by atoms with E-state index >= 15 is 8.78 Å². The lowest BCUT2D eigenvalue weighted by Gasteiger charge is -2.36. The molecule has 0 radical (unpaired) electrons. The summed E-state index contributed by atoms with van der Waals surface area (Å²) in [6, 6.07) is 14.9. The Morgan fingerprint density at radius 3 is 2.19 bits per heavy atom. The molecule has 2 N–H and O–H groups in total. The largest absolute Gasteiger partial charge is 0.486 e. The monoisotopic (exact) mass is 512 g/mol. The van der Waals surface area contributed by atoms with E-state index in [-0.39, 0.29) is 6.54 Å². The zero-order valence-corrected chi connectivity index (χ0v) is 20.0. The number of likely N-dealkylation sites (tertiary alicyclic amines) is 1. The molecule has 6 nitrogen and oxygen atoms in total. The molecule has 194 valence electrons. The molecule has 2 aliphatic heterocycles. The molecule has 0 bridgehead atoms. The molecule has 37 heavy (non-hydrogen) atoms. The first-order valence-corrected chi connectivity index (χ1v) is 12.2. The molecule has 2 atom stereocenters. The van der Waals surface area contributed by atoms with Crippen LogP contribution >= 0.6 is 0 Å². The van der Waals surface area contributed by atoms with Crippen molar-refractivity contribution in [2.75, 3.05) is 32.8 Å². The molecule has 2 unspecified atom stereocenters. The third-order valence-electron chi connectivity index (χ3n) is 6.72. The van der Waals surface area contributed by atoms with Crippen LogP contribution in [0.5, 0.6) is 11.5 Å². The molecular formula is C28H27F3N2O4.